The molecule has 1 unspecified atom stereocenters. The predicted octanol–water partition coefficient (Wildman–Crippen LogP) is 3.91. The third kappa shape index (κ3) is 5.88. The fourth-order valence-electron chi connectivity index (χ4n) is 2.09. The molecule has 0 aliphatic carbocycles. The fraction of sp³-hybridized carbons (Fsp3) is 0.562. The maximum atomic E-state index is 11.9. The van der Waals surface area contributed by atoms with Crippen LogP contribution in [0.1, 0.15) is 49.9 Å². The van der Waals surface area contributed by atoms with Gasteiger partial charge in [0.15, 0.2) is 0 Å². The van der Waals surface area contributed by atoms with Crippen LogP contribution < -0.4 is 0 Å². The summed E-state index contributed by atoms with van der Waals surface area (Å²) in [7, 11) is 1.83. The second-order valence-corrected chi connectivity index (χ2v) is 4.97. The van der Waals surface area contributed by atoms with E-state index in [1.165, 1.54) is 19.3 Å². The van der Waals surface area contributed by atoms with Gasteiger partial charge in [-0.15, -0.1) is 5.06 Å². The molecule has 0 bridgehead atoms. The van der Waals surface area contributed by atoms with E-state index in [4.69, 9.17) is 4.84 Å². The van der Waals surface area contributed by atoms with Crippen LogP contribution in [0.3, 0.4) is 0 Å². The van der Waals surface area contributed by atoms with Crippen molar-refractivity contribution in [2.75, 3.05) is 13.6 Å². The number of rotatable bonds is 8. The van der Waals surface area contributed by atoms with Gasteiger partial charge in [-0.25, -0.2) is 4.79 Å². The largest absolute Gasteiger partial charge is 0.364 e. The van der Waals surface area contributed by atoms with Crippen LogP contribution >= 0.6 is 0 Å². The number of carbonyl (C=O) groups excluding carboxylic acids is 1. The predicted molar refractivity (Wildman–Crippen MR) is 77.8 cm³/mol. The van der Waals surface area contributed by atoms with Crippen LogP contribution in [0.25, 0.3) is 0 Å². The number of hydrogen-bond donors (Lipinski definition) is 0. The number of benzene rings is 1. The van der Waals surface area contributed by atoms with Gasteiger partial charge in [0.25, 0.3) is 0 Å². The normalized spacial score (nSPS) is 12.4. The SMILES string of the molecule is CCCCC(CC)CN(C)OC(=O)c1ccccc1. The van der Waals surface area contributed by atoms with E-state index < -0.39 is 0 Å². The first-order chi connectivity index (χ1) is 9.17. The Labute approximate surface area is 116 Å². The Kier molecular flexibility index (Phi) is 7.19. The minimum Gasteiger partial charge on any atom is -0.364 e. The standard InChI is InChI=1S/C16H25NO2/c1-4-6-10-14(5-2)13-17(3)19-16(18)15-11-8-7-9-12-15/h7-9,11-12,14H,4-6,10,13H2,1-3H3. The Hall–Kier alpha value is -1.35. The number of nitrogens with zero attached hydrogens (tertiary/aromatic N) is 1. The highest BCUT2D eigenvalue weighted by atomic mass is 16.7. The van der Waals surface area contributed by atoms with Crippen LogP contribution in [0.5, 0.6) is 0 Å². The van der Waals surface area contributed by atoms with E-state index in [0.717, 1.165) is 13.0 Å². The number of carbonyl (C=O) groups is 1. The molecule has 1 aromatic rings. The number of hydroxylamine groups is 2. The highest BCUT2D eigenvalue weighted by Crippen LogP contribution is 2.14. The molecule has 3 heteroatoms. The minimum atomic E-state index is -0.284. The molecule has 0 aliphatic rings. The van der Waals surface area contributed by atoms with Gasteiger partial charge in [-0.3, -0.25) is 0 Å². The Morgan fingerprint density at radius 3 is 2.53 bits per heavy atom. The number of unbranched alkanes of at least 4 members (excludes halogenated alkanes) is 1. The molecule has 1 atom stereocenters. The van der Waals surface area contributed by atoms with Crippen molar-refractivity contribution < 1.29 is 9.63 Å². The summed E-state index contributed by atoms with van der Waals surface area (Å²) in [5.74, 6) is 0.307. The summed E-state index contributed by atoms with van der Waals surface area (Å²) in [6.07, 6.45) is 4.76. The van der Waals surface area contributed by atoms with Gasteiger partial charge in [0.05, 0.1) is 5.56 Å². The minimum absolute atomic E-state index is 0.284. The average Bonchev–Trinajstić information content (AvgIpc) is 2.44. The van der Waals surface area contributed by atoms with Crippen molar-refractivity contribution in [3.8, 4) is 0 Å². The first-order valence-corrected chi connectivity index (χ1v) is 7.15. The van der Waals surface area contributed by atoms with Crippen LogP contribution in [-0.2, 0) is 4.84 Å². The number of hydrogen-bond acceptors (Lipinski definition) is 3. The Bertz CT molecular complexity index is 364. The molecule has 0 heterocycles. The monoisotopic (exact) mass is 263 g/mol. The van der Waals surface area contributed by atoms with Crippen molar-refractivity contribution in [2.24, 2.45) is 5.92 Å². The summed E-state index contributed by atoms with van der Waals surface area (Å²) in [5.41, 5.74) is 0.593. The molecule has 0 N–H and O–H groups in total. The van der Waals surface area contributed by atoms with Gasteiger partial charge in [0, 0.05) is 13.6 Å². The molecular formula is C16H25NO2. The Morgan fingerprint density at radius 2 is 1.95 bits per heavy atom. The highest BCUT2D eigenvalue weighted by Gasteiger charge is 2.14. The van der Waals surface area contributed by atoms with E-state index in [2.05, 4.69) is 13.8 Å². The molecule has 106 valence electrons. The quantitative estimate of drug-likeness (QED) is 0.666. The first-order valence-electron chi connectivity index (χ1n) is 7.15. The smallest absolute Gasteiger partial charge is 0.357 e. The molecule has 0 saturated heterocycles. The van der Waals surface area contributed by atoms with E-state index in [1.807, 2.05) is 25.2 Å². The molecule has 0 fully saturated rings. The second kappa shape index (κ2) is 8.70. The van der Waals surface area contributed by atoms with Gasteiger partial charge >= 0.3 is 5.97 Å². The van der Waals surface area contributed by atoms with Gasteiger partial charge in [0.1, 0.15) is 0 Å². The maximum Gasteiger partial charge on any atom is 0.357 e. The molecule has 19 heavy (non-hydrogen) atoms. The molecule has 0 radical (unpaired) electrons. The van der Waals surface area contributed by atoms with E-state index in [1.54, 1.807) is 17.2 Å². The van der Waals surface area contributed by atoms with Gasteiger partial charge in [-0.05, 0) is 24.5 Å². The lowest BCUT2D eigenvalue weighted by Gasteiger charge is -2.22. The molecule has 0 aromatic heterocycles. The Balaban J connectivity index is 2.41. The zero-order valence-corrected chi connectivity index (χ0v) is 12.3. The van der Waals surface area contributed by atoms with E-state index >= 15 is 0 Å². The van der Waals surface area contributed by atoms with Gasteiger partial charge in [-0.1, -0.05) is 51.3 Å². The average molecular weight is 263 g/mol. The summed E-state index contributed by atoms with van der Waals surface area (Å²) in [4.78, 5) is 17.2. The van der Waals surface area contributed by atoms with Crippen LogP contribution in [-0.4, -0.2) is 24.6 Å². The molecule has 0 amide bonds. The summed E-state index contributed by atoms with van der Waals surface area (Å²) >= 11 is 0. The van der Waals surface area contributed by atoms with Crippen LogP contribution in [0, 0.1) is 5.92 Å². The van der Waals surface area contributed by atoms with Gasteiger partial charge in [-0.2, -0.15) is 0 Å². The van der Waals surface area contributed by atoms with Crippen molar-refractivity contribution in [2.45, 2.75) is 39.5 Å². The molecule has 1 aromatic carbocycles. The lowest BCUT2D eigenvalue weighted by atomic mass is 9.99. The lowest BCUT2D eigenvalue weighted by molar-refractivity contribution is -0.0990. The van der Waals surface area contributed by atoms with Gasteiger partial charge in [0.2, 0.25) is 0 Å². The molecule has 0 spiro atoms. The lowest BCUT2D eigenvalue weighted by Crippen LogP contribution is -2.28. The van der Waals surface area contributed by atoms with E-state index in [9.17, 15) is 4.79 Å². The Morgan fingerprint density at radius 1 is 1.26 bits per heavy atom. The molecule has 0 aliphatic heterocycles. The van der Waals surface area contributed by atoms with Crippen LogP contribution in [0.2, 0.25) is 0 Å². The fourth-order valence-corrected chi connectivity index (χ4v) is 2.09. The van der Waals surface area contributed by atoms with Crippen LogP contribution in [0.15, 0.2) is 30.3 Å². The van der Waals surface area contributed by atoms with Crippen molar-refractivity contribution in [1.82, 2.24) is 5.06 Å². The van der Waals surface area contributed by atoms with Crippen molar-refractivity contribution in [1.29, 1.82) is 0 Å². The second-order valence-electron chi connectivity index (χ2n) is 4.97. The third-order valence-corrected chi connectivity index (χ3v) is 3.31. The third-order valence-electron chi connectivity index (χ3n) is 3.31. The van der Waals surface area contributed by atoms with Crippen LogP contribution in [0.4, 0.5) is 0 Å². The zero-order chi connectivity index (χ0) is 14.1. The highest BCUT2D eigenvalue weighted by molar-refractivity contribution is 5.89. The molecule has 3 nitrogen and oxygen atoms in total. The van der Waals surface area contributed by atoms with Crippen molar-refractivity contribution in [3.63, 3.8) is 0 Å². The van der Waals surface area contributed by atoms with Crippen molar-refractivity contribution >= 4 is 5.97 Å². The van der Waals surface area contributed by atoms with Gasteiger partial charge < -0.3 is 4.84 Å². The molecule has 0 saturated carbocycles. The van der Waals surface area contributed by atoms with E-state index in [0.29, 0.717) is 11.5 Å². The summed E-state index contributed by atoms with van der Waals surface area (Å²) in [5, 5.41) is 1.67. The van der Waals surface area contributed by atoms with E-state index in [-0.39, 0.29) is 5.97 Å². The summed E-state index contributed by atoms with van der Waals surface area (Å²) in [6, 6.07) is 9.10. The topological polar surface area (TPSA) is 29.5 Å². The van der Waals surface area contributed by atoms with Crippen molar-refractivity contribution in [3.05, 3.63) is 35.9 Å². The molecule has 1 rings (SSSR count). The first kappa shape index (κ1) is 15.7. The zero-order valence-electron chi connectivity index (χ0n) is 12.3. The maximum absolute atomic E-state index is 11.9. The summed E-state index contributed by atoms with van der Waals surface area (Å²) < 4.78 is 0. The molecular weight excluding hydrogens is 238 g/mol. The summed E-state index contributed by atoms with van der Waals surface area (Å²) in [6.45, 7) is 5.19.